The minimum atomic E-state index is -3.45. The Kier molecular flexibility index (Phi) is 7.88. The van der Waals surface area contributed by atoms with Gasteiger partial charge in [0.05, 0.1) is 22.0 Å². The van der Waals surface area contributed by atoms with Crippen LogP contribution in [0.5, 0.6) is 0 Å². The Balaban J connectivity index is 0.00000280. The van der Waals surface area contributed by atoms with Crippen molar-refractivity contribution < 1.29 is 8.42 Å². The van der Waals surface area contributed by atoms with Crippen LogP contribution in [0, 0.1) is 0 Å². The van der Waals surface area contributed by atoms with Gasteiger partial charge in [0.2, 0.25) is 5.95 Å². The topological polar surface area (TPSA) is 96.0 Å². The van der Waals surface area contributed by atoms with Gasteiger partial charge in [-0.3, -0.25) is 0 Å². The molecule has 0 saturated carbocycles. The molecule has 1 aliphatic heterocycles. The lowest BCUT2D eigenvalue weighted by molar-refractivity contribution is 0.478. The van der Waals surface area contributed by atoms with Gasteiger partial charge in [-0.15, -0.1) is 12.4 Å². The van der Waals surface area contributed by atoms with E-state index in [4.69, 9.17) is 11.6 Å². The van der Waals surface area contributed by atoms with Crippen molar-refractivity contribution in [3.05, 3.63) is 35.5 Å². The first-order valence-corrected chi connectivity index (χ1v) is 10.9. The largest absolute Gasteiger partial charge is 0.350 e. The number of anilines is 3. The van der Waals surface area contributed by atoms with Crippen LogP contribution in [0.4, 0.5) is 17.5 Å². The molecule has 0 aliphatic carbocycles. The number of hydrogen-bond acceptors (Lipinski definition) is 7. The minimum Gasteiger partial charge on any atom is -0.350 e. The first kappa shape index (κ1) is 22.7. The van der Waals surface area contributed by atoms with Crippen LogP contribution < -0.4 is 16.0 Å². The molecule has 1 fully saturated rings. The van der Waals surface area contributed by atoms with Gasteiger partial charge in [0.1, 0.15) is 5.02 Å². The third-order valence-corrected chi connectivity index (χ3v) is 6.93. The summed E-state index contributed by atoms with van der Waals surface area (Å²) in [4.78, 5) is 8.90. The maximum atomic E-state index is 12.6. The molecule has 3 N–H and O–H groups in total. The molecule has 154 valence electrons. The van der Waals surface area contributed by atoms with Gasteiger partial charge in [-0.2, -0.15) is 4.98 Å². The summed E-state index contributed by atoms with van der Waals surface area (Å²) in [5.41, 5.74) is 0.442. The van der Waals surface area contributed by atoms with Crippen molar-refractivity contribution in [2.45, 2.75) is 42.9 Å². The number of halogens is 2. The summed E-state index contributed by atoms with van der Waals surface area (Å²) in [6.45, 7) is 5.19. The van der Waals surface area contributed by atoms with Crippen molar-refractivity contribution in [3.8, 4) is 0 Å². The highest BCUT2D eigenvalue weighted by molar-refractivity contribution is 7.92. The fourth-order valence-corrected chi connectivity index (χ4v) is 4.22. The highest BCUT2D eigenvalue weighted by Crippen LogP contribution is 2.30. The average molecular weight is 446 g/mol. The van der Waals surface area contributed by atoms with Crippen LogP contribution >= 0.6 is 24.0 Å². The molecule has 1 atom stereocenters. The summed E-state index contributed by atoms with van der Waals surface area (Å²) >= 11 is 6.24. The zero-order chi connectivity index (χ0) is 19.4. The summed E-state index contributed by atoms with van der Waals surface area (Å²) < 4.78 is 25.3. The number of nitrogens with one attached hydrogen (secondary N) is 3. The maximum absolute atomic E-state index is 12.6. The molecule has 0 bridgehead atoms. The van der Waals surface area contributed by atoms with Crippen LogP contribution in [0.1, 0.15) is 26.7 Å². The lowest BCUT2D eigenvalue weighted by Gasteiger charge is -2.24. The Hall–Kier alpha value is -1.61. The number of rotatable bonds is 6. The zero-order valence-electron chi connectivity index (χ0n) is 15.8. The number of sulfone groups is 1. The fraction of sp³-hybridized carbons (Fsp3) is 0.444. The molecule has 0 spiro atoms. The Bertz CT molecular complexity index is 903. The molecule has 7 nitrogen and oxygen atoms in total. The third kappa shape index (κ3) is 5.26. The molecule has 1 aromatic carbocycles. The number of hydrogen-bond donors (Lipinski definition) is 3. The molecule has 3 rings (SSSR count). The lowest BCUT2D eigenvalue weighted by atomic mass is 10.1. The van der Waals surface area contributed by atoms with Gasteiger partial charge < -0.3 is 16.0 Å². The number of nitrogens with zero attached hydrogens (tertiary/aromatic N) is 2. The second kappa shape index (κ2) is 9.73. The van der Waals surface area contributed by atoms with Crippen molar-refractivity contribution in [3.63, 3.8) is 0 Å². The second-order valence-corrected chi connectivity index (χ2v) is 9.67. The monoisotopic (exact) mass is 445 g/mol. The van der Waals surface area contributed by atoms with Crippen LogP contribution in [0.2, 0.25) is 5.02 Å². The van der Waals surface area contributed by atoms with Crippen molar-refractivity contribution in [2.75, 3.05) is 23.7 Å². The first-order chi connectivity index (χ1) is 12.9. The molecule has 1 saturated heterocycles. The average Bonchev–Trinajstić information content (AvgIpc) is 2.65. The van der Waals surface area contributed by atoms with Crippen molar-refractivity contribution >= 4 is 51.3 Å². The summed E-state index contributed by atoms with van der Waals surface area (Å²) in [5.74, 6) is 0.823. The summed E-state index contributed by atoms with van der Waals surface area (Å²) in [5, 5.41) is 9.47. The number of aromatic nitrogens is 2. The predicted octanol–water partition coefficient (Wildman–Crippen LogP) is 3.64. The van der Waals surface area contributed by atoms with Gasteiger partial charge in [-0.25, -0.2) is 13.4 Å². The predicted molar refractivity (Wildman–Crippen MR) is 116 cm³/mol. The van der Waals surface area contributed by atoms with E-state index in [1.54, 1.807) is 38.1 Å². The number of para-hydroxylation sites is 1. The van der Waals surface area contributed by atoms with E-state index >= 15 is 0 Å². The Morgan fingerprint density at radius 3 is 2.71 bits per heavy atom. The summed E-state index contributed by atoms with van der Waals surface area (Å²) in [6, 6.07) is 7.00. The third-order valence-electron chi connectivity index (χ3n) is 4.44. The minimum absolute atomic E-state index is 0. The standard InChI is InChI=1S/C18H24ClN5O2S.ClH/c1-12(2)27(25,26)16-8-4-3-7-15(16)23-17-14(19)11-21-18(24-17)22-13-6-5-9-20-10-13;/h3-4,7-8,11-13,20H,5-6,9-10H2,1-2H3,(H2,21,22,23,24);1H/t13-;/m1./s1. The Morgan fingerprint density at radius 2 is 2.04 bits per heavy atom. The molecule has 0 radical (unpaired) electrons. The highest BCUT2D eigenvalue weighted by Gasteiger charge is 2.23. The van der Waals surface area contributed by atoms with E-state index < -0.39 is 15.1 Å². The summed E-state index contributed by atoms with van der Waals surface area (Å²) in [7, 11) is -3.45. The number of benzene rings is 1. The molecular formula is C18H25Cl2N5O2S. The van der Waals surface area contributed by atoms with Crippen LogP contribution in [0.3, 0.4) is 0 Å². The van der Waals surface area contributed by atoms with Crippen LogP contribution in [-0.4, -0.2) is 42.8 Å². The lowest BCUT2D eigenvalue weighted by Crippen LogP contribution is -2.38. The molecule has 10 heteroatoms. The number of piperidine rings is 1. The van der Waals surface area contributed by atoms with Crippen molar-refractivity contribution in [1.82, 2.24) is 15.3 Å². The summed E-state index contributed by atoms with van der Waals surface area (Å²) in [6.07, 6.45) is 3.64. The maximum Gasteiger partial charge on any atom is 0.224 e. The molecule has 0 amide bonds. The van der Waals surface area contributed by atoms with E-state index in [0.717, 1.165) is 25.9 Å². The molecule has 0 unspecified atom stereocenters. The highest BCUT2D eigenvalue weighted by atomic mass is 35.5. The van der Waals surface area contributed by atoms with Gasteiger partial charge in [0.25, 0.3) is 0 Å². The van der Waals surface area contributed by atoms with Crippen LogP contribution in [-0.2, 0) is 9.84 Å². The molecule has 1 aliphatic rings. The van der Waals surface area contributed by atoms with Crippen molar-refractivity contribution in [1.29, 1.82) is 0 Å². The van der Waals surface area contributed by atoms with Crippen molar-refractivity contribution in [2.24, 2.45) is 0 Å². The smallest absolute Gasteiger partial charge is 0.224 e. The van der Waals surface area contributed by atoms with E-state index in [1.165, 1.54) is 6.20 Å². The van der Waals surface area contributed by atoms with Gasteiger partial charge in [0.15, 0.2) is 15.7 Å². The zero-order valence-corrected chi connectivity index (χ0v) is 18.2. The molecule has 2 aromatic rings. The van der Waals surface area contributed by atoms with Gasteiger partial charge in [-0.1, -0.05) is 23.7 Å². The normalized spacial score (nSPS) is 17.1. The molecule has 28 heavy (non-hydrogen) atoms. The first-order valence-electron chi connectivity index (χ1n) is 8.97. The van der Waals surface area contributed by atoms with Crippen LogP contribution in [0.25, 0.3) is 0 Å². The quantitative estimate of drug-likeness (QED) is 0.624. The SMILES string of the molecule is CC(C)S(=O)(=O)c1ccccc1Nc1nc(N[C@@H]2CCCNC2)ncc1Cl.Cl. The van der Waals surface area contributed by atoms with E-state index in [2.05, 4.69) is 25.9 Å². The van der Waals surface area contributed by atoms with Gasteiger partial charge in [0, 0.05) is 12.6 Å². The van der Waals surface area contributed by atoms with Gasteiger partial charge in [-0.05, 0) is 45.4 Å². The van der Waals surface area contributed by atoms with E-state index in [9.17, 15) is 8.42 Å². The molecule has 2 heterocycles. The second-order valence-electron chi connectivity index (χ2n) is 6.79. The van der Waals surface area contributed by atoms with E-state index in [1.807, 2.05) is 0 Å². The fourth-order valence-electron chi connectivity index (χ4n) is 2.88. The Labute approximate surface area is 177 Å². The van der Waals surface area contributed by atoms with E-state index in [-0.39, 0.29) is 23.3 Å². The molecular weight excluding hydrogens is 421 g/mol. The molecule has 1 aromatic heterocycles. The Morgan fingerprint density at radius 1 is 1.29 bits per heavy atom. The van der Waals surface area contributed by atoms with Crippen LogP contribution in [0.15, 0.2) is 35.4 Å². The van der Waals surface area contributed by atoms with Gasteiger partial charge >= 0.3 is 0 Å². The van der Waals surface area contributed by atoms with E-state index in [0.29, 0.717) is 22.5 Å².